The number of nitrogens with zero attached hydrogens (tertiary/aromatic N) is 1. The second-order valence-corrected chi connectivity index (χ2v) is 7.36. The topological polar surface area (TPSA) is 77.5 Å². The highest BCUT2D eigenvalue weighted by atomic mass is 35.5. The first-order chi connectivity index (χ1) is 9.32. The highest BCUT2D eigenvalue weighted by Crippen LogP contribution is 2.28. The van der Waals surface area contributed by atoms with Crippen molar-refractivity contribution in [1.82, 2.24) is 4.31 Å². The molecule has 0 bridgehead atoms. The Balaban J connectivity index is 2.43. The fourth-order valence-electron chi connectivity index (χ4n) is 2.33. The summed E-state index contributed by atoms with van der Waals surface area (Å²) in [6, 6.07) is 3.56. The van der Waals surface area contributed by atoms with Gasteiger partial charge in [0.25, 0.3) is 0 Å². The molecule has 20 heavy (non-hydrogen) atoms. The van der Waals surface area contributed by atoms with Crippen LogP contribution in [0.15, 0.2) is 23.1 Å². The van der Waals surface area contributed by atoms with Gasteiger partial charge in [0.05, 0.1) is 11.0 Å². The van der Waals surface area contributed by atoms with Gasteiger partial charge in [-0.05, 0) is 36.5 Å². The maximum absolute atomic E-state index is 12.6. The molecule has 1 fully saturated rings. The first kappa shape index (κ1) is 15.3. The minimum absolute atomic E-state index is 0.0215. The summed E-state index contributed by atoms with van der Waals surface area (Å²) in [7, 11) is -3.77. The first-order valence-corrected chi connectivity index (χ1v) is 8.15. The number of carbonyl (C=O) groups excluding carboxylic acids is 1. The molecule has 0 aromatic heterocycles. The Bertz CT molecular complexity index is 629. The number of sulfonamides is 1. The maximum atomic E-state index is 12.6. The third-order valence-corrected chi connectivity index (χ3v) is 5.75. The third kappa shape index (κ3) is 2.97. The van der Waals surface area contributed by atoms with Gasteiger partial charge in [-0.25, -0.2) is 8.42 Å². The van der Waals surface area contributed by atoms with Crippen molar-refractivity contribution in [3.8, 4) is 0 Å². The molecule has 1 aromatic rings. The van der Waals surface area contributed by atoms with Crippen LogP contribution in [0, 0.1) is 5.92 Å². The van der Waals surface area contributed by atoms with Crippen molar-refractivity contribution in [2.75, 3.05) is 13.1 Å². The number of carbonyl (C=O) groups is 1. The van der Waals surface area contributed by atoms with Crippen LogP contribution in [0.3, 0.4) is 0 Å². The van der Waals surface area contributed by atoms with Crippen molar-refractivity contribution in [2.24, 2.45) is 5.92 Å². The largest absolute Gasteiger partial charge is 0.545 e. The summed E-state index contributed by atoms with van der Waals surface area (Å²) in [5.74, 6) is -1.15. The first-order valence-electron chi connectivity index (χ1n) is 6.33. The molecule has 1 heterocycles. The number of benzene rings is 1. The number of aromatic carboxylic acids is 1. The second kappa shape index (κ2) is 5.71. The summed E-state index contributed by atoms with van der Waals surface area (Å²) >= 11 is 5.92. The van der Waals surface area contributed by atoms with Crippen LogP contribution in [0.1, 0.15) is 30.1 Å². The molecular weight excluding hydrogens is 302 g/mol. The molecule has 110 valence electrons. The number of halogens is 1. The predicted molar refractivity (Wildman–Crippen MR) is 72.9 cm³/mol. The Kier molecular flexibility index (Phi) is 4.36. The molecule has 7 heteroatoms. The molecule has 5 nitrogen and oxygen atoms in total. The van der Waals surface area contributed by atoms with E-state index in [-0.39, 0.29) is 21.4 Å². The summed E-state index contributed by atoms with van der Waals surface area (Å²) in [4.78, 5) is 10.7. The van der Waals surface area contributed by atoms with Crippen molar-refractivity contribution in [2.45, 2.75) is 24.7 Å². The van der Waals surface area contributed by atoms with Crippen molar-refractivity contribution >= 4 is 27.6 Å². The van der Waals surface area contributed by atoms with Crippen LogP contribution in [-0.4, -0.2) is 31.8 Å². The lowest BCUT2D eigenvalue weighted by molar-refractivity contribution is -0.255. The SMILES string of the molecule is C[C@H]1CCCN(S(=O)(=O)c2cc(C(=O)[O-])ccc2Cl)C1. The van der Waals surface area contributed by atoms with E-state index < -0.39 is 16.0 Å². The van der Waals surface area contributed by atoms with Crippen LogP contribution in [0.4, 0.5) is 0 Å². The number of rotatable bonds is 3. The van der Waals surface area contributed by atoms with Crippen LogP contribution < -0.4 is 5.11 Å². The van der Waals surface area contributed by atoms with Crippen LogP contribution in [0.2, 0.25) is 5.02 Å². The molecule has 0 radical (unpaired) electrons. The summed E-state index contributed by atoms with van der Waals surface area (Å²) in [5.41, 5.74) is -0.196. The van der Waals surface area contributed by atoms with Gasteiger partial charge in [0, 0.05) is 13.1 Å². The zero-order valence-electron chi connectivity index (χ0n) is 11.0. The average Bonchev–Trinajstić information content (AvgIpc) is 2.38. The highest BCUT2D eigenvalue weighted by Gasteiger charge is 2.30. The minimum Gasteiger partial charge on any atom is -0.545 e. The molecule has 1 saturated heterocycles. The smallest absolute Gasteiger partial charge is 0.244 e. The maximum Gasteiger partial charge on any atom is 0.244 e. The van der Waals surface area contributed by atoms with Crippen LogP contribution in [0.25, 0.3) is 0 Å². The van der Waals surface area contributed by atoms with Crippen LogP contribution >= 0.6 is 11.6 Å². The molecule has 2 rings (SSSR count). The molecule has 0 spiro atoms. The molecule has 1 aliphatic rings. The molecule has 0 N–H and O–H groups in total. The molecule has 1 aromatic carbocycles. The van der Waals surface area contributed by atoms with E-state index in [1.807, 2.05) is 6.92 Å². The lowest BCUT2D eigenvalue weighted by atomic mass is 10.0. The standard InChI is InChI=1S/C13H16ClNO4S/c1-9-3-2-6-15(8-9)20(18,19)12-7-10(13(16)17)4-5-11(12)14/h4-5,7,9H,2-3,6,8H2,1H3,(H,16,17)/p-1/t9-/m0/s1. The molecule has 0 amide bonds. The van der Waals surface area contributed by atoms with Gasteiger partial charge in [-0.1, -0.05) is 24.6 Å². The lowest BCUT2D eigenvalue weighted by Gasteiger charge is -2.30. The Hall–Kier alpha value is -1.11. The van der Waals surface area contributed by atoms with Crippen LogP contribution in [-0.2, 0) is 10.0 Å². The quantitative estimate of drug-likeness (QED) is 0.837. The van der Waals surface area contributed by atoms with Gasteiger partial charge < -0.3 is 9.90 Å². The van der Waals surface area contributed by atoms with E-state index >= 15 is 0 Å². The molecule has 1 aliphatic heterocycles. The van der Waals surface area contributed by atoms with E-state index in [0.29, 0.717) is 13.1 Å². The van der Waals surface area contributed by atoms with Crippen molar-refractivity contribution in [3.05, 3.63) is 28.8 Å². The third-order valence-electron chi connectivity index (χ3n) is 3.40. The van der Waals surface area contributed by atoms with E-state index in [4.69, 9.17) is 11.6 Å². The van der Waals surface area contributed by atoms with Gasteiger partial charge >= 0.3 is 0 Å². The Morgan fingerprint density at radius 2 is 2.15 bits per heavy atom. The van der Waals surface area contributed by atoms with Crippen molar-refractivity contribution < 1.29 is 18.3 Å². The minimum atomic E-state index is -3.77. The van der Waals surface area contributed by atoms with Gasteiger partial charge in [-0.2, -0.15) is 4.31 Å². The van der Waals surface area contributed by atoms with Gasteiger partial charge in [0.1, 0.15) is 4.90 Å². The Morgan fingerprint density at radius 3 is 2.75 bits per heavy atom. The fraction of sp³-hybridized carbons (Fsp3) is 0.462. The number of carboxylic acid groups (broad SMARTS) is 1. The monoisotopic (exact) mass is 316 g/mol. The summed E-state index contributed by atoms with van der Waals surface area (Å²) in [6.07, 6.45) is 1.77. The molecule has 0 unspecified atom stereocenters. The zero-order valence-corrected chi connectivity index (χ0v) is 12.6. The van der Waals surface area contributed by atoms with E-state index in [1.54, 1.807) is 0 Å². The van der Waals surface area contributed by atoms with E-state index in [9.17, 15) is 18.3 Å². The lowest BCUT2D eigenvalue weighted by Crippen LogP contribution is -2.39. The summed E-state index contributed by atoms with van der Waals surface area (Å²) < 4.78 is 26.5. The zero-order chi connectivity index (χ0) is 14.9. The van der Waals surface area contributed by atoms with E-state index in [2.05, 4.69) is 0 Å². The predicted octanol–water partition coefficient (Wildman–Crippen LogP) is 1.12. The van der Waals surface area contributed by atoms with Crippen molar-refractivity contribution in [1.29, 1.82) is 0 Å². The number of hydrogen-bond donors (Lipinski definition) is 0. The Morgan fingerprint density at radius 1 is 1.45 bits per heavy atom. The molecule has 0 saturated carbocycles. The summed E-state index contributed by atoms with van der Waals surface area (Å²) in [5, 5.41) is 10.9. The Labute approximate surface area is 123 Å². The van der Waals surface area contributed by atoms with E-state index in [0.717, 1.165) is 18.9 Å². The molecule has 1 atom stereocenters. The number of piperidine rings is 1. The van der Waals surface area contributed by atoms with E-state index in [1.165, 1.54) is 16.4 Å². The second-order valence-electron chi connectivity index (χ2n) is 5.04. The molecule has 0 aliphatic carbocycles. The van der Waals surface area contributed by atoms with Crippen LogP contribution in [0.5, 0.6) is 0 Å². The number of hydrogen-bond acceptors (Lipinski definition) is 4. The highest BCUT2D eigenvalue weighted by molar-refractivity contribution is 7.89. The van der Waals surface area contributed by atoms with Gasteiger partial charge in [-0.3, -0.25) is 0 Å². The fourth-order valence-corrected chi connectivity index (χ4v) is 4.43. The molecular formula is C13H15ClNO4S-. The van der Waals surface area contributed by atoms with Gasteiger partial charge in [0.2, 0.25) is 10.0 Å². The normalized spacial score (nSPS) is 20.8. The number of carboxylic acids is 1. The average molecular weight is 317 g/mol. The van der Waals surface area contributed by atoms with Gasteiger partial charge in [-0.15, -0.1) is 0 Å². The van der Waals surface area contributed by atoms with Crippen molar-refractivity contribution in [3.63, 3.8) is 0 Å². The summed E-state index contributed by atoms with van der Waals surface area (Å²) in [6.45, 7) is 2.84. The van der Waals surface area contributed by atoms with Gasteiger partial charge in [0.15, 0.2) is 0 Å².